The highest BCUT2D eigenvalue weighted by Crippen LogP contribution is 2.32. The summed E-state index contributed by atoms with van der Waals surface area (Å²) in [6.07, 6.45) is 3.37. The van der Waals surface area contributed by atoms with Crippen molar-refractivity contribution in [3.63, 3.8) is 0 Å². The molecule has 1 atom stereocenters. The number of piperazine rings is 1. The summed E-state index contributed by atoms with van der Waals surface area (Å²) in [6, 6.07) is 15.8. The average molecular weight is 477 g/mol. The Hall–Kier alpha value is -3.56. The fourth-order valence-corrected chi connectivity index (χ4v) is 4.61. The molecule has 2 aromatic carbocycles. The van der Waals surface area contributed by atoms with Crippen molar-refractivity contribution in [1.29, 1.82) is 0 Å². The topological polar surface area (TPSA) is 108 Å². The molecular formula is C26H32N6O3. The van der Waals surface area contributed by atoms with Gasteiger partial charge in [-0.1, -0.05) is 42.5 Å². The second kappa shape index (κ2) is 11.7. The van der Waals surface area contributed by atoms with Crippen LogP contribution in [0.15, 0.2) is 61.2 Å². The average Bonchev–Trinajstić information content (AvgIpc) is 3.32. The van der Waals surface area contributed by atoms with Gasteiger partial charge in [0, 0.05) is 51.3 Å². The fraction of sp³-hybridized carbons (Fsp3) is 0.385. The number of unbranched alkanes of at least 4 members (excludes halogenated alkanes) is 1. The van der Waals surface area contributed by atoms with Crippen LogP contribution in [0.2, 0.25) is 0 Å². The number of hydrogen-bond acceptors (Lipinski definition) is 7. The number of tetrazole rings is 1. The minimum Gasteiger partial charge on any atom is -0.508 e. The van der Waals surface area contributed by atoms with Gasteiger partial charge in [-0.25, -0.2) is 4.68 Å². The van der Waals surface area contributed by atoms with Crippen LogP contribution in [-0.2, 0) is 11.3 Å². The molecule has 9 nitrogen and oxygen atoms in total. The molecule has 0 bridgehead atoms. The van der Waals surface area contributed by atoms with E-state index in [1.165, 1.54) is 0 Å². The van der Waals surface area contributed by atoms with Crippen molar-refractivity contribution in [1.82, 2.24) is 30.0 Å². The molecule has 0 aliphatic carbocycles. The highest BCUT2D eigenvalue weighted by molar-refractivity contribution is 5.66. The van der Waals surface area contributed by atoms with Gasteiger partial charge in [0.25, 0.3) is 0 Å². The number of aromatic hydroxyl groups is 1. The maximum Gasteiger partial charge on any atom is 0.303 e. The van der Waals surface area contributed by atoms with E-state index in [1.54, 1.807) is 10.7 Å². The van der Waals surface area contributed by atoms with Crippen LogP contribution in [-0.4, -0.2) is 78.9 Å². The summed E-state index contributed by atoms with van der Waals surface area (Å²) in [5.41, 5.74) is 3.10. The highest BCUT2D eigenvalue weighted by Gasteiger charge is 2.26. The number of aryl methyl sites for hydroxylation is 1. The number of aliphatic carboxylic acids is 1. The van der Waals surface area contributed by atoms with Crippen LogP contribution < -0.4 is 0 Å². The Bertz CT molecular complexity index is 1120. The van der Waals surface area contributed by atoms with Gasteiger partial charge >= 0.3 is 5.97 Å². The molecule has 1 fully saturated rings. The first kappa shape index (κ1) is 24.6. The van der Waals surface area contributed by atoms with Crippen LogP contribution in [0, 0.1) is 0 Å². The number of nitrogens with zero attached hydrogens (tertiary/aromatic N) is 6. The zero-order valence-electron chi connectivity index (χ0n) is 19.8. The lowest BCUT2D eigenvalue weighted by molar-refractivity contribution is -0.137. The number of carbonyl (C=O) groups is 1. The van der Waals surface area contributed by atoms with Crippen molar-refractivity contribution < 1.29 is 15.0 Å². The van der Waals surface area contributed by atoms with Gasteiger partial charge in [-0.3, -0.25) is 14.6 Å². The molecule has 0 amide bonds. The van der Waals surface area contributed by atoms with Crippen molar-refractivity contribution in [2.45, 2.75) is 31.8 Å². The Morgan fingerprint density at radius 2 is 1.83 bits per heavy atom. The van der Waals surface area contributed by atoms with E-state index >= 15 is 0 Å². The summed E-state index contributed by atoms with van der Waals surface area (Å²) in [4.78, 5) is 15.6. The fourth-order valence-electron chi connectivity index (χ4n) is 4.61. The Balaban J connectivity index is 1.53. The van der Waals surface area contributed by atoms with Gasteiger partial charge < -0.3 is 10.2 Å². The molecule has 0 spiro atoms. The third kappa shape index (κ3) is 6.32. The first-order valence-electron chi connectivity index (χ1n) is 12.0. The van der Waals surface area contributed by atoms with Gasteiger partial charge in [0.05, 0.1) is 6.04 Å². The third-order valence-electron chi connectivity index (χ3n) is 6.37. The van der Waals surface area contributed by atoms with Crippen LogP contribution in [0.25, 0.3) is 11.4 Å². The molecule has 1 aromatic heterocycles. The SMILES string of the molecule is C=CCN1CCN([C@H](c2ccc(-c3nnnn3CCCCC(=O)O)cc2)c2cccc(O)c2)CC1. The first-order valence-corrected chi connectivity index (χ1v) is 12.0. The molecule has 184 valence electrons. The van der Waals surface area contributed by atoms with E-state index < -0.39 is 5.97 Å². The van der Waals surface area contributed by atoms with Crippen LogP contribution in [0.1, 0.15) is 36.4 Å². The minimum absolute atomic E-state index is 0.0223. The predicted octanol–water partition coefficient (Wildman–Crippen LogP) is 3.19. The third-order valence-corrected chi connectivity index (χ3v) is 6.37. The van der Waals surface area contributed by atoms with Crippen molar-refractivity contribution >= 4 is 5.97 Å². The van der Waals surface area contributed by atoms with Crippen LogP contribution in [0.4, 0.5) is 0 Å². The van der Waals surface area contributed by atoms with Crippen LogP contribution in [0.5, 0.6) is 5.75 Å². The van der Waals surface area contributed by atoms with E-state index in [0.717, 1.165) is 49.4 Å². The number of phenolic OH excluding ortho intramolecular Hbond substituents is 1. The monoisotopic (exact) mass is 476 g/mol. The largest absolute Gasteiger partial charge is 0.508 e. The smallest absolute Gasteiger partial charge is 0.303 e. The summed E-state index contributed by atoms with van der Waals surface area (Å²) in [6.45, 7) is 9.09. The Labute approximate surface area is 205 Å². The number of carboxylic acid groups (broad SMARTS) is 1. The molecule has 1 aliphatic rings. The molecule has 1 aliphatic heterocycles. The number of hydrogen-bond donors (Lipinski definition) is 2. The lowest BCUT2D eigenvalue weighted by atomic mass is 9.95. The summed E-state index contributed by atoms with van der Waals surface area (Å²) in [7, 11) is 0. The van der Waals surface area contributed by atoms with E-state index in [0.29, 0.717) is 25.2 Å². The first-order chi connectivity index (χ1) is 17.0. The van der Waals surface area contributed by atoms with Crippen LogP contribution >= 0.6 is 0 Å². The van der Waals surface area contributed by atoms with E-state index in [2.05, 4.69) is 50.1 Å². The van der Waals surface area contributed by atoms with Crippen molar-refractivity contribution in [3.8, 4) is 17.1 Å². The molecule has 4 rings (SSSR count). The lowest BCUT2D eigenvalue weighted by Gasteiger charge is -2.39. The molecule has 1 saturated heterocycles. The van der Waals surface area contributed by atoms with Crippen molar-refractivity contribution in [2.24, 2.45) is 0 Å². The molecule has 0 radical (unpaired) electrons. The standard InChI is InChI=1S/C26H32N6O3/c1-2-13-30-15-17-31(18-16-30)25(22-6-5-7-23(33)19-22)20-9-11-21(12-10-20)26-27-28-29-32(26)14-4-3-8-24(34)35/h2,5-7,9-12,19,25,33H,1,3-4,8,13-18H2,(H,34,35)/t25-/m1/s1. The predicted molar refractivity (Wildman–Crippen MR) is 133 cm³/mol. The summed E-state index contributed by atoms with van der Waals surface area (Å²) in [5.74, 6) is 0.135. The number of aromatic nitrogens is 4. The summed E-state index contributed by atoms with van der Waals surface area (Å²) in [5, 5.41) is 31.1. The normalized spacial score (nSPS) is 15.7. The maximum atomic E-state index is 10.7. The van der Waals surface area contributed by atoms with Gasteiger partial charge in [0.1, 0.15) is 5.75 Å². The zero-order chi connectivity index (χ0) is 24.6. The Kier molecular flexibility index (Phi) is 8.23. The minimum atomic E-state index is -0.791. The van der Waals surface area contributed by atoms with Gasteiger partial charge in [0.15, 0.2) is 5.82 Å². The number of phenols is 1. The van der Waals surface area contributed by atoms with Gasteiger partial charge in [0.2, 0.25) is 0 Å². The van der Waals surface area contributed by atoms with Gasteiger partial charge in [-0.05, 0) is 46.5 Å². The second-order valence-corrected chi connectivity index (χ2v) is 8.82. The maximum absolute atomic E-state index is 10.7. The van der Waals surface area contributed by atoms with Crippen LogP contribution in [0.3, 0.4) is 0 Å². The molecule has 2 N–H and O–H groups in total. The van der Waals surface area contributed by atoms with Crippen molar-refractivity contribution in [3.05, 3.63) is 72.3 Å². The molecular weight excluding hydrogens is 444 g/mol. The van der Waals surface area contributed by atoms with E-state index in [-0.39, 0.29) is 18.2 Å². The molecule has 35 heavy (non-hydrogen) atoms. The molecule has 0 saturated carbocycles. The Morgan fingerprint density at radius 1 is 1.06 bits per heavy atom. The molecule has 9 heteroatoms. The van der Waals surface area contributed by atoms with Gasteiger partial charge in [-0.15, -0.1) is 11.7 Å². The number of benzene rings is 2. The summed E-state index contributed by atoms with van der Waals surface area (Å²) < 4.78 is 1.72. The number of rotatable bonds is 11. The van der Waals surface area contributed by atoms with E-state index in [1.807, 2.05) is 30.3 Å². The quantitative estimate of drug-likeness (QED) is 0.321. The van der Waals surface area contributed by atoms with E-state index in [9.17, 15) is 9.90 Å². The Morgan fingerprint density at radius 3 is 2.51 bits per heavy atom. The summed E-state index contributed by atoms with van der Waals surface area (Å²) >= 11 is 0. The molecule has 2 heterocycles. The van der Waals surface area contributed by atoms with Gasteiger partial charge in [-0.2, -0.15) is 0 Å². The highest BCUT2D eigenvalue weighted by atomic mass is 16.4. The molecule has 3 aromatic rings. The van der Waals surface area contributed by atoms with Crippen molar-refractivity contribution in [2.75, 3.05) is 32.7 Å². The molecule has 0 unspecified atom stereocenters. The number of carboxylic acids is 1. The second-order valence-electron chi connectivity index (χ2n) is 8.82. The lowest BCUT2D eigenvalue weighted by Crippen LogP contribution is -2.47. The van der Waals surface area contributed by atoms with E-state index in [4.69, 9.17) is 5.11 Å². The zero-order valence-corrected chi connectivity index (χ0v) is 19.8.